The molecule has 3 aromatic rings. The van der Waals surface area contributed by atoms with Gasteiger partial charge in [-0.25, -0.2) is 4.98 Å². The number of anilines is 1. The van der Waals surface area contributed by atoms with E-state index in [1.165, 1.54) is 11.8 Å². The van der Waals surface area contributed by atoms with Gasteiger partial charge < -0.3 is 14.5 Å². The zero-order chi connectivity index (χ0) is 19.2. The molecule has 3 heterocycles. The number of hydrogen-bond acceptors (Lipinski definition) is 5. The van der Waals surface area contributed by atoms with Crippen LogP contribution in [0.3, 0.4) is 0 Å². The lowest BCUT2D eigenvalue weighted by Gasteiger charge is -2.11. The molecule has 0 unspecified atom stereocenters. The minimum absolute atomic E-state index is 0. The summed E-state index contributed by atoms with van der Waals surface area (Å²) < 4.78 is 30.2. The van der Waals surface area contributed by atoms with Crippen LogP contribution in [-0.2, 0) is 23.0 Å². The standard InChI is InChI=1S/C17H20ClN5O2S2.ClH/c1-22(2)6-5-11-10-19-14-4-3-12(9-13(11)14)21-27(24,25)16-15(18)20-17-23(16)7-8-26-17;/h3-4,9-10,19,21H,5-8H2,1-2H3;1H. The van der Waals surface area contributed by atoms with E-state index in [0.29, 0.717) is 17.4 Å². The third-order valence-electron chi connectivity index (χ3n) is 4.49. The van der Waals surface area contributed by atoms with Gasteiger partial charge in [-0.05, 0) is 44.3 Å². The smallest absolute Gasteiger partial charge is 0.280 e. The number of hydrogen-bond donors (Lipinski definition) is 2. The zero-order valence-corrected chi connectivity index (χ0v) is 18.6. The molecule has 0 atom stereocenters. The van der Waals surface area contributed by atoms with Crippen LogP contribution in [0.1, 0.15) is 5.56 Å². The van der Waals surface area contributed by atoms with Gasteiger partial charge in [0.25, 0.3) is 10.0 Å². The Hall–Kier alpha value is -1.39. The SMILES string of the molecule is CN(C)CCc1c[nH]c2ccc(NS(=O)(=O)c3c(Cl)nc4n3CCS4)cc12.Cl. The van der Waals surface area contributed by atoms with Crippen LogP contribution in [0, 0.1) is 0 Å². The zero-order valence-electron chi connectivity index (χ0n) is 15.4. The van der Waals surface area contributed by atoms with Gasteiger partial charge in [-0.2, -0.15) is 8.42 Å². The van der Waals surface area contributed by atoms with Gasteiger partial charge in [0.2, 0.25) is 0 Å². The molecular weight excluding hydrogens is 441 g/mol. The lowest BCUT2D eigenvalue weighted by molar-refractivity contribution is 0.414. The average molecular weight is 462 g/mol. The molecule has 0 radical (unpaired) electrons. The highest BCUT2D eigenvalue weighted by atomic mass is 35.5. The van der Waals surface area contributed by atoms with Crippen molar-refractivity contribution < 1.29 is 8.42 Å². The van der Waals surface area contributed by atoms with Crippen molar-refractivity contribution >= 4 is 62.4 Å². The Balaban J connectivity index is 0.00000225. The second-order valence-electron chi connectivity index (χ2n) is 6.72. The molecule has 0 saturated carbocycles. The number of rotatable bonds is 6. The molecule has 28 heavy (non-hydrogen) atoms. The molecule has 0 spiro atoms. The Labute approximate surface area is 179 Å². The van der Waals surface area contributed by atoms with Gasteiger partial charge in [-0.15, -0.1) is 12.4 Å². The highest BCUT2D eigenvalue weighted by Crippen LogP contribution is 2.34. The van der Waals surface area contributed by atoms with Gasteiger partial charge in [0, 0.05) is 41.6 Å². The fraction of sp³-hybridized carbons (Fsp3) is 0.353. The number of fused-ring (bicyclic) bond motifs is 2. The Bertz CT molecular complexity index is 1110. The first-order valence-corrected chi connectivity index (χ1v) is 11.4. The molecule has 152 valence electrons. The molecule has 0 amide bonds. The molecule has 0 saturated heterocycles. The normalized spacial score (nSPS) is 13.7. The topological polar surface area (TPSA) is 83.0 Å². The highest BCUT2D eigenvalue weighted by Gasteiger charge is 2.30. The number of imidazole rings is 1. The van der Waals surface area contributed by atoms with Crippen molar-refractivity contribution in [3.05, 3.63) is 35.1 Å². The summed E-state index contributed by atoms with van der Waals surface area (Å²) in [6, 6.07) is 5.49. The van der Waals surface area contributed by atoms with Crippen molar-refractivity contribution in [3.8, 4) is 0 Å². The fourth-order valence-electron chi connectivity index (χ4n) is 3.18. The molecule has 7 nitrogen and oxygen atoms in total. The maximum atomic E-state index is 12.9. The molecule has 0 bridgehead atoms. The van der Waals surface area contributed by atoms with E-state index in [-0.39, 0.29) is 22.6 Å². The number of sulfonamides is 1. The number of thioether (sulfide) groups is 1. The molecule has 0 fully saturated rings. The van der Waals surface area contributed by atoms with Crippen molar-refractivity contribution in [2.24, 2.45) is 0 Å². The van der Waals surface area contributed by atoms with E-state index in [1.54, 1.807) is 10.6 Å². The van der Waals surface area contributed by atoms with Gasteiger partial charge >= 0.3 is 0 Å². The van der Waals surface area contributed by atoms with Crippen LogP contribution < -0.4 is 4.72 Å². The van der Waals surface area contributed by atoms with Gasteiger partial charge in [-0.1, -0.05) is 23.4 Å². The molecule has 4 rings (SSSR count). The molecule has 1 aromatic carbocycles. The molecule has 1 aliphatic heterocycles. The van der Waals surface area contributed by atoms with Crippen molar-refractivity contribution in [1.29, 1.82) is 0 Å². The number of aromatic nitrogens is 3. The minimum Gasteiger partial charge on any atom is -0.361 e. The third-order valence-corrected chi connectivity index (χ3v) is 7.25. The first-order chi connectivity index (χ1) is 12.8. The summed E-state index contributed by atoms with van der Waals surface area (Å²) in [7, 11) is 0.227. The van der Waals surface area contributed by atoms with Crippen LogP contribution in [0.5, 0.6) is 0 Å². The monoisotopic (exact) mass is 461 g/mol. The number of nitrogens with one attached hydrogen (secondary N) is 2. The number of halogens is 2. The summed E-state index contributed by atoms with van der Waals surface area (Å²) in [6.07, 6.45) is 2.85. The van der Waals surface area contributed by atoms with E-state index in [1.807, 2.05) is 32.4 Å². The Morgan fingerprint density at radius 1 is 1.39 bits per heavy atom. The van der Waals surface area contributed by atoms with Crippen molar-refractivity contribution in [2.45, 2.75) is 23.1 Å². The number of nitrogens with zero attached hydrogens (tertiary/aromatic N) is 3. The molecular formula is C17H21Cl2N5O2S2. The summed E-state index contributed by atoms with van der Waals surface area (Å²) in [5.74, 6) is 0.798. The average Bonchev–Trinajstić information content (AvgIpc) is 3.26. The van der Waals surface area contributed by atoms with E-state index in [2.05, 4.69) is 19.6 Å². The number of aromatic amines is 1. The van der Waals surface area contributed by atoms with E-state index in [0.717, 1.165) is 35.2 Å². The predicted octanol–water partition coefficient (Wildman–Crippen LogP) is 3.45. The van der Waals surface area contributed by atoms with Crippen molar-refractivity contribution in [3.63, 3.8) is 0 Å². The first-order valence-electron chi connectivity index (χ1n) is 8.51. The molecule has 2 aromatic heterocycles. The molecule has 1 aliphatic rings. The Morgan fingerprint density at radius 2 is 2.18 bits per heavy atom. The van der Waals surface area contributed by atoms with Gasteiger partial charge in [0.1, 0.15) is 0 Å². The maximum Gasteiger partial charge on any atom is 0.280 e. The largest absolute Gasteiger partial charge is 0.361 e. The summed E-state index contributed by atoms with van der Waals surface area (Å²) >= 11 is 7.62. The predicted molar refractivity (Wildman–Crippen MR) is 117 cm³/mol. The highest BCUT2D eigenvalue weighted by molar-refractivity contribution is 7.99. The van der Waals surface area contributed by atoms with Crippen LogP contribution in [-0.4, -0.2) is 54.2 Å². The first kappa shape index (κ1) is 21.3. The summed E-state index contributed by atoms with van der Waals surface area (Å²) in [5.41, 5.74) is 2.64. The van der Waals surface area contributed by atoms with E-state index in [4.69, 9.17) is 11.6 Å². The Kier molecular flexibility index (Phi) is 6.21. The lowest BCUT2D eigenvalue weighted by Crippen LogP contribution is -2.17. The molecule has 11 heteroatoms. The van der Waals surface area contributed by atoms with Crippen LogP contribution in [0.2, 0.25) is 5.15 Å². The van der Waals surface area contributed by atoms with Gasteiger partial charge in [0.05, 0.1) is 0 Å². The number of H-pyrrole nitrogens is 1. The lowest BCUT2D eigenvalue weighted by atomic mass is 10.1. The van der Waals surface area contributed by atoms with Crippen LogP contribution >= 0.6 is 35.8 Å². The molecule has 0 aliphatic carbocycles. The summed E-state index contributed by atoms with van der Waals surface area (Å²) in [6.45, 7) is 1.50. The summed E-state index contributed by atoms with van der Waals surface area (Å²) in [4.78, 5) is 9.51. The van der Waals surface area contributed by atoms with Crippen LogP contribution in [0.4, 0.5) is 5.69 Å². The van der Waals surface area contributed by atoms with Crippen LogP contribution in [0.15, 0.2) is 34.6 Å². The van der Waals surface area contributed by atoms with E-state index in [9.17, 15) is 8.42 Å². The van der Waals surface area contributed by atoms with Gasteiger partial charge in [0.15, 0.2) is 15.3 Å². The maximum absolute atomic E-state index is 12.9. The minimum atomic E-state index is -3.83. The van der Waals surface area contributed by atoms with Crippen molar-refractivity contribution in [2.75, 3.05) is 31.1 Å². The fourth-order valence-corrected chi connectivity index (χ4v) is 5.99. The number of likely N-dealkylation sites (N-methyl/N-ethyl adjacent to an activating group) is 1. The molecule has 2 N–H and O–H groups in total. The second-order valence-corrected chi connectivity index (χ2v) is 9.74. The van der Waals surface area contributed by atoms with E-state index >= 15 is 0 Å². The van der Waals surface area contributed by atoms with Crippen LogP contribution in [0.25, 0.3) is 10.9 Å². The number of benzene rings is 1. The second kappa shape index (κ2) is 8.16. The van der Waals surface area contributed by atoms with E-state index < -0.39 is 10.0 Å². The van der Waals surface area contributed by atoms with Gasteiger partial charge in [-0.3, -0.25) is 4.72 Å². The summed E-state index contributed by atoms with van der Waals surface area (Å²) in [5, 5.41) is 1.70. The van der Waals surface area contributed by atoms with Crippen molar-refractivity contribution in [1.82, 2.24) is 19.4 Å². The Morgan fingerprint density at radius 3 is 2.93 bits per heavy atom. The third kappa shape index (κ3) is 3.99. The quantitative estimate of drug-likeness (QED) is 0.587.